The first-order chi connectivity index (χ1) is 8.58. The van der Waals surface area contributed by atoms with Gasteiger partial charge in [-0.25, -0.2) is 0 Å². The highest BCUT2D eigenvalue weighted by Crippen LogP contribution is 2.23. The van der Waals surface area contributed by atoms with Gasteiger partial charge < -0.3 is 15.8 Å². The number of aryl methyl sites for hydroxylation is 2. The van der Waals surface area contributed by atoms with Gasteiger partial charge in [-0.1, -0.05) is 6.07 Å². The van der Waals surface area contributed by atoms with Gasteiger partial charge in [0.25, 0.3) is 0 Å². The molecule has 1 rings (SSSR count). The van der Waals surface area contributed by atoms with E-state index in [-0.39, 0.29) is 5.91 Å². The Labute approximate surface area is 109 Å². The maximum absolute atomic E-state index is 11.3. The molecule has 0 aliphatic heterocycles. The lowest BCUT2D eigenvalue weighted by Gasteiger charge is -2.12. The quantitative estimate of drug-likeness (QED) is 0.800. The van der Waals surface area contributed by atoms with E-state index in [0.29, 0.717) is 19.5 Å². The highest BCUT2D eigenvalue weighted by molar-refractivity contribution is 5.76. The predicted octanol–water partition coefficient (Wildman–Crippen LogP) is 1.32. The highest BCUT2D eigenvalue weighted by atomic mass is 16.5. The van der Waals surface area contributed by atoms with Gasteiger partial charge in [0.2, 0.25) is 5.91 Å². The van der Waals surface area contributed by atoms with E-state index < -0.39 is 0 Å². The number of methoxy groups -OCH3 is 1. The Morgan fingerprint density at radius 1 is 1.33 bits per heavy atom. The van der Waals surface area contributed by atoms with Gasteiger partial charge in [0.05, 0.1) is 7.11 Å². The minimum absolute atomic E-state index is 0.000278. The SMILES string of the molecule is COc1cc(C)c(C)cc1CCNC(=O)CCN. The zero-order chi connectivity index (χ0) is 13.5. The molecule has 100 valence electrons. The number of carbonyl (C=O) groups excluding carboxylic acids is 1. The van der Waals surface area contributed by atoms with Crippen LogP contribution in [0.3, 0.4) is 0 Å². The Kier molecular flexibility index (Phi) is 5.65. The van der Waals surface area contributed by atoms with Gasteiger partial charge in [-0.15, -0.1) is 0 Å². The molecule has 18 heavy (non-hydrogen) atoms. The van der Waals surface area contributed by atoms with E-state index in [0.717, 1.165) is 17.7 Å². The van der Waals surface area contributed by atoms with Crippen molar-refractivity contribution < 1.29 is 9.53 Å². The fourth-order valence-corrected chi connectivity index (χ4v) is 1.79. The average molecular weight is 250 g/mol. The molecule has 0 saturated carbocycles. The molecule has 0 fully saturated rings. The molecule has 0 radical (unpaired) electrons. The number of amides is 1. The largest absolute Gasteiger partial charge is 0.496 e. The van der Waals surface area contributed by atoms with E-state index in [1.165, 1.54) is 11.1 Å². The number of hydrogen-bond acceptors (Lipinski definition) is 3. The number of nitrogens with two attached hydrogens (primary N) is 1. The molecule has 0 heterocycles. The summed E-state index contributed by atoms with van der Waals surface area (Å²) < 4.78 is 5.35. The predicted molar refractivity (Wildman–Crippen MR) is 72.9 cm³/mol. The summed E-state index contributed by atoms with van der Waals surface area (Å²) in [4.78, 5) is 11.3. The van der Waals surface area contributed by atoms with Gasteiger partial charge in [-0.2, -0.15) is 0 Å². The molecule has 0 aromatic heterocycles. The lowest BCUT2D eigenvalue weighted by atomic mass is 10.0. The summed E-state index contributed by atoms with van der Waals surface area (Å²) in [5.74, 6) is 0.881. The van der Waals surface area contributed by atoms with Crippen LogP contribution in [0.4, 0.5) is 0 Å². The first kappa shape index (κ1) is 14.5. The van der Waals surface area contributed by atoms with Gasteiger partial charge in [0.1, 0.15) is 5.75 Å². The molecule has 0 aliphatic rings. The van der Waals surface area contributed by atoms with Gasteiger partial charge in [-0.3, -0.25) is 4.79 Å². The number of benzene rings is 1. The molecule has 0 spiro atoms. The first-order valence-electron chi connectivity index (χ1n) is 6.19. The van der Waals surface area contributed by atoms with Crippen LogP contribution >= 0.6 is 0 Å². The molecule has 0 atom stereocenters. The molecule has 4 nitrogen and oxygen atoms in total. The summed E-state index contributed by atoms with van der Waals surface area (Å²) in [7, 11) is 1.67. The third-order valence-corrected chi connectivity index (χ3v) is 2.98. The minimum atomic E-state index is 0.000278. The third-order valence-electron chi connectivity index (χ3n) is 2.98. The van der Waals surface area contributed by atoms with Crippen molar-refractivity contribution in [1.82, 2.24) is 5.32 Å². The second-order valence-electron chi connectivity index (χ2n) is 4.39. The summed E-state index contributed by atoms with van der Waals surface area (Å²) >= 11 is 0. The number of ether oxygens (including phenoxy) is 1. The maximum atomic E-state index is 11.3. The molecular weight excluding hydrogens is 228 g/mol. The van der Waals surface area contributed by atoms with Crippen molar-refractivity contribution in [2.24, 2.45) is 5.73 Å². The second kappa shape index (κ2) is 7.01. The smallest absolute Gasteiger partial charge is 0.221 e. The second-order valence-corrected chi connectivity index (χ2v) is 4.39. The topological polar surface area (TPSA) is 64.3 Å². The van der Waals surface area contributed by atoms with Crippen LogP contribution in [-0.2, 0) is 11.2 Å². The molecule has 1 aromatic carbocycles. The summed E-state index contributed by atoms with van der Waals surface area (Å²) in [6, 6.07) is 4.15. The molecule has 4 heteroatoms. The fourth-order valence-electron chi connectivity index (χ4n) is 1.79. The molecule has 1 aromatic rings. The molecule has 0 aliphatic carbocycles. The normalized spacial score (nSPS) is 10.2. The Bertz CT molecular complexity index is 417. The van der Waals surface area contributed by atoms with Crippen molar-refractivity contribution in [2.75, 3.05) is 20.2 Å². The van der Waals surface area contributed by atoms with Crippen molar-refractivity contribution in [3.63, 3.8) is 0 Å². The number of hydrogen-bond donors (Lipinski definition) is 2. The number of rotatable bonds is 6. The number of nitrogens with one attached hydrogen (secondary N) is 1. The molecule has 1 amide bonds. The zero-order valence-corrected chi connectivity index (χ0v) is 11.4. The van der Waals surface area contributed by atoms with E-state index in [1.54, 1.807) is 7.11 Å². The van der Waals surface area contributed by atoms with Crippen LogP contribution in [-0.4, -0.2) is 26.1 Å². The summed E-state index contributed by atoms with van der Waals surface area (Å²) in [6.45, 7) is 5.13. The van der Waals surface area contributed by atoms with Crippen LogP contribution in [0.2, 0.25) is 0 Å². The highest BCUT2D eigenvalue weighted by Gasteiger charge is 2.06. The molecule has 0 bridgehead atoms. The van der Waals surface area contributed by atoms with Gasteiger partial charge in [-0.05, 0) is 43.0 Å². The molecular formula is C14H22N2O2. The lowest BCUT2D eigenvalue weighted by Crippen LogP contribution is -2.27. The Morgan fingerprint density at radius 3 is 2.61 bits per heavy atom. The standard InChI is InChI=1S/C14H22N2O2/c1-10-8-12(13(18-3)9-11(10)2)5-7-16-14(17)4-6-15/h8-9H,4-7,15H2,1-3H3,(H,16,17). The zero-order valence-electron chi connectivity index (χ0n) is 11.4. The summed E-state index contributed by atoms with van der Waals surface area (Å²) in [5.41, 5.74) is 8.88. The van der Waals surface area contributed by atoms with Gasteiger partial charge >= 0.3 is 0 Å². The summed E-state index contributed by atoms with van der Waals surface area (Å²) in [5, 5.41) is 2.84. The van der Waals surface area contributed by atoms with Crippen LogP contribution in [0.5, 0.6) is 5.75 Å². The minimum Gasteiger partial charge on any atom is -0.496 e. The van der Waals surface area contributed by atoms with Crippen molar-refractivity contribution in [3.8, 4) is 5.75 Å². The molecule has 0 saturated heterocycles. The third kappa shape index (κ3) is 4.04. The summed E-state index contributed by atoms with van der Waals surface area (Å²) in [6.07, 6.45) is 1.14. The van der Waals surface area contributed by atoms with Crippen LogP contribution in [0.1, 0.15) is 23.1 Å². The Hall–Kier alpha value is -1.55. The van der Waals surface area contributed by atoms with Crippen LogP contribution in [0.25, 0.3) is 0 Å². The first-order valence-corrected chi connectivity index (χ1v) is 6.19. The van der Waals surface area contributed by atoms with Crippen molar-refractivity contribution in [1.29, 1.82) is 0 Å². The molecule has 3 N–H and O–H groups in total. The van der Waals surface area contributed by atoms with Crippen LogP contribution in [0.15, 0.2) is 12.1 Å². The van der Waals surface area contributed by atoms with Gasteiger partial charge in [0, 0.05) is 19.5 Å². The van der Waals surface area contributed by atoms with Crippen molar-refractivity contribution >= 4 is 5.91 Å². The van der Waals surface area contributed by atoms with E-state index >= 15 is 0 Å². The van der Waals surface area contributed by atoms with Crippen LogP contribution in [0, 0.1) is 13.8 Å². The van der Waals surface area contributed by atoms with Crippen LogP contribution < -0.4 is 15.8 Å². The monoisotopic (exact) mass is 250 g/mol. The van der Waals surface area contributed by atoms with Crippen molar-refractivity contribution in [3.05, 3.63) is 28.8 Å². The van der Waals surface area contributed by atoms with E-state index in [2.05, 4.69) is 25.2 Å². The van der Waals surface area contributed by atoms with Crippen molar-refractivity contribution in [2.45, 2.75) is 26.7 Å². The Morgan fingerprint density at radius 2 is 2.00 bits per heavy atom. The maximum Gasteiger partial charge on any atom is 0.221 e. The molecule has 0 unspecified atom stereocenters. The van der Waals surface area contributed by atoms with Gasteiger partial charge in [0.15, 0.2) is 0 Å². The van der Waals surface area contributed by atoms with E-state index in [4.69, 9.17) is 10.5 Å². The average Bonchev–Trinajstić information content (AvgIpc) is 2.33. The Balaban J connectivity index is 2.61. The lowest BCUT2D eigenvalue weighted by molar-refractivity contribution is -0.120. The van der Waals surface area contributed by atoms with E-state index in [9.17, 15) is 4.79 Å². The number of carbonyl (C=O) groups is 1. The fraction of sp³-hybridized carbons (Fsp3) is 0.500. The van der Waals surface area contributed by atoms with E-state index in [1.807, 2.05) is 6.07 Å².